The molecule has 0 unspecified atom stereocenters. The normalized spacial score (nSPS) is 10.7. The summed E-state index contributed by atoms with van der Waals surface area (Å²) in [5.74, 6) is -0.675. The first-order chi connectivity index (χ1) is 5.42. The number of hydrogen-bond acceptors (Lipinski definition) is 1. The summed E-state index contributed by atoms with van der Waals surface area (Å²) in [6.07, 6.45) is 4.53. The van der Waals surface area contributed by atoms with E-state index in [2.05, 4.69) is 20.8 Å². The second kappa shape index (κ2) is 7.73. The zero-order chi connectivity index (χ0) is 9.61. The van der Waals surface area contributed by atoms with Crippen molar-refractivity contribution in [2.45, 2.75) is 52.9 Å². The first kappa shape index (κ1) is 15.8. The van der Waals surface area contributed by atoms with Crippen LogP contribution in [-0.2, 0) is 31.0 Å². The van der Waals surface area contributed by atoms with Crippen molar-refractivity contribution in [1.29, 1.82) is 0 Å². The summed E-state index contributed by atoms with van der Waals surface area (Å²) in [4.78, 5) is 10.2. The number of aliphatic carboxylic acids is 1. The smallest absolute Gasteiger partial charge is 0.303 e. The van der Waals surface area contributed by atoms with E-state index in [1.165, 1.54) is 6.42 Å². The van der Waals surface area contributed by atoms with E-state index >= 15 is 0 Å². The largest absolute Gasteiger partial charge is 0.481 e. The van der Waals surface area contributed by atoms with Crippen LogP contribution < -0.4 is 0 Å². The van der Waals surface area contributed by atoms with Gasteiger partial charge in [0.15, 0.2) is 0 Å². The third-order valence-electron chi connectivity index (χ3n) is 1.82. The molecule has 76 valence electrons. The van der Waals surface area contributed by atoms with Crippen molar-refractivity contribution in [3.63, 3.8) is 0 Å². The first-order valence-corrected chi connectivity index (χ1v) is 4.63. The molecule has 0 aliphatic carbocycles. The van der Waals surface area contributed by atoms with Gasteiger partial charge in [0, 0.05) is 32.6 Å². The van der Waals surface area contributed by atoms with E-state index < -0.39 is 5.97 Å². The van der Waals surface area contributed by atoms with Gasteiger partial charge in [-0.1, -0.05) is 33.6 Å². The van der Waals surface area contributed by atoms with Gasteiger partial charge >= 0.3 is 5.97 Å². The van der Waals surface area contributed by atoms with Gasteiger partial charge in [-0.3, -0.25) is 4.79 Å². The van der Waals surface area contributed by atoms with Crippen molar-refractivity contribution in [2.75, 3.05) is 0 Å². The fourth-order valence-corrected chi connectivity index (χ4v) is 1.11. The van der Waals surface area contributed by atoms with Crippen LogP contribution in [-0.4, -0.2) is 11.1 Å². The Morgan fingerprint density at radius 2 is 1.69 bits per heavy atom. The fraction of sp³-hybridized carbons (Fsp3) is 0.900. The number of carboxylic acid groups (broad SMARTS) is 1. The number of unbranched alkanes of at least 4 members (excludes halogenated alkanes) is 2. The van der Waals surface area contributed by atoms with E-state index in [1.807, 2.05) is 0 Å². The van der Waals surface area contributed by atoms with Crippen LogP contribution in [0.2, 0.25) is 0 Å². The average Bonchev–Trinajstić information content (AvgIpc) is 1.83. The maximum Gasteiger partial charge on any atom is 0.303 e. The minimum atomic E-state index is -0.675. The van der Waals surface area contributed by atoms with Crippen molar-refractivity contribution in [3.05, 3.63) is 0 Å². The van der Waals surface area contributed by atoms with Crippen molar-refractivity contribution in [2.24, 2.45) is 5.41 Å². The monoisotopic (exact) mass is 262 g/mol. The minimum absolute atomic E-state index is 0. The fourth-order valence-electron chi connectivity index (χ4n) is 1.11. The molecular formula is C10H20O2Zr. The number of hydrogen-bond donors (Lipinski definition) is 1. The molecule has 13 heavy (non-hydrogen) atoms. The van der Waals surface area contributed by atoms with E-state index in [-0.39, 0.29) is 26.2 Å². The maximum atomic E-state index is 10.2. The predicted octanol–water partition coefficient (Wildman–Crippen LogP) is 3.07. The van der Waals surface area contributed by atoms with Crippen LogP contribution in [0.1, 0.15) is 52.9 Å². The summed E-state index contributed by atoms with van der Waals surface area (Å²) in [5, 5.41) is 8.37. The number of carboxylic acids is 1. The van der Waals surface area contributed by atoms with E-state index in [1.54, 1.807) is 0 Å². The van der Waals surface area contributed by atoms with E-state index in [9.17, 15) is 4.79 Å². The minimum Gasteiger partial charge on any atom is -0.481 e. The maximum absolute atomic E-state index is 10.2. The van der Waals surface area contributed by atoms with E-state index in [0.717, 1.165) is 19.3 Å². The molecule has 2 nitrogen and oxygen atoms in total. The molecule has 0 aromatic rings. The molecule has 1 N–H and O–H groups in total. The van der Waals surface area contributed by atoms with Gasteiger partial charge in [0.1, 0.15) is 0 Å². The molecular weight excluding hydrogens is 243 g/mol. The summed E-state index contributed by atoms with van der Waals surface area (Å²) in [6, 6.07) is 0. The van der Waals surface area contributed by atoms with Crippen molar-refractivity contribution < 1.29 is 36.1 Å². The number of carbonyl (C=O) groups is 1. The SMILES string of the molecule is CC(C)(C)CCCCCC(=O)O.[Zr]. The third kappa shape index (κ3) is 15.1. The summed E-state index contributed by atoms with van der Waals surface area (Å²) >= 11 is 0. The van der Waals surface area contributed by atoms with Gasteiger partial charge in [0.25, 0.3) is 0 Å². The second-order valence-electron chi connectivity index (χ2n) is 4.52. The Balaban J connectivity index is 0. The Morgan fingerprint density at radius 1 is 1.15 bits per heavy atom. The topological polar surface area (TPSA) is 37.3 Å². The summed E-state index contributed by atoms with van der Waals surface area (Å²) in [5.41, 5.74) is 0.392. The van der Waals surface area contributed by atoms with Crippen LogP contribution in [0.25, 0.3) is 0 Å². The second-order valence-corrected chi connectivity index (χ2v) is 4.52. The zero-order valence-electron chi connectivity index (χ0n) is 8.89. The Hall–Kier alpha value is 0.353. The van der Waals surface area contributed by atoms with Crippen LogP contribution in [0.3, 0.4) is 0 Å². The van der Waals surface area contributed by atoms with Gasteiger partial charge in [-0.2, -0.15) is 0 Å². The van der Waals surface area contributed by atoms with E-state index in [0.29, 0.717) is 11.8 Å². The summed E-state index contributed by atoms with van der Waals surface area (Å²) in [7, 11) is 0. The molecule has 0 amide bonds. The van der Waals surface area contributed by atoms with Gasteiger partial charge in [0.05, 0.1) is 0 Å². The van der Waals surface area contributed by atoms with Crippen LogP contribution in [0.4, 0.5) is 0 Å². The molecule has 0 aliphatic rings. The molecule has 0 aromatic carbocycles. The van der Waals surface area contributed by atoms with Crippen LogP contribution in [0.15, 0.2) is 0 Å². The Morgan fingerprint density at radius 3 is 2.08 bits per heavy atom. The number of rotatable bonds is 5. The molecule has 0 atom stereocenters. The Kier molecular flexibility index (Phi) is 9.40. The zero-order valence-corrected chi connectivity index (χ0v) is 11.3. The van der Waals surface area contributed by atoms with Crippen LogP contribution >= 0.6 is 0 Å². The molecule has 0 saturated heterocycles. The molecule has 0 aromatic heterocycles. The molecule has 0 radical (unpaired) electrons. The van der Waals surface area contributed by atoms with Crippen molar-refractivity contribution >= 4 is 5.97 Å². The molecule has 0 aliphatic heterocycles. The van der Waals surface area contributed by atoms with E-state index in [4.69, 9.17) is 5.11 Å². The standard InChI is InChI=1S/C10H20O2.Zr/c1-10(2,3)8-6-4-5-7-9(11)12;/h4-8H2,1-3H3,(H,11,12);. The first-order valence-electron chi connectivity index (χ1n) is 4.63. The molecule has 0 bridgehead atoms. The third-order valence-corrected chi connectivity index (χ3v) is 1.82. The molecule has 0 heterocycles. The van der Waals surface area contributed by atoms with Gasteiger partial charge in [-0.25, -0.2) is 0 Å². The quantitative estimate of drug-likeness (QED) is 0.774. The summed E-state index contributed by atoms with van der Waals surface area (Å²) < 4.78 is 0. The molecule has 0 rings (SSSR count). The van der Waals surface area contributed by atoms with Crippen molar-refractivity contribution in [1.82, 2.24) is 0 Å². The van der Waals surface area contributed by atoms with Crippen LogP contribution in [0, 0.1) is 5.41 Å². The molecule has 3 heteroatoms. The predicted molar refractivity (Wildman–Crippen MR) is 50.2 cm³/mol. The summed E-state index contributed by atoms with van der Waals surface area (Å²) in [6.45, 7) is 6.64. The van der Waals surface area contributed by atoms with Gasteiger partial charge < -0.3 is 5.11 Å². The van der Waals surface area contributed by atoms with Gasteiger partial charge in [-0.15, -0.1) is 0 Å². The molecule has 0 saturated carbocycles. The van der Waals surface area contributed by atoms with Gasteiger partial charge in [0.2, 0.25) is 0 Å². The van der Waals surface area contributed by atoms with Crippen LogP contribution in [0.5, 0.6) is 0 Å². The average molecular weight is 263 g/mol. The van der Waals surface area contributed by atoms with Gasteiger partial charge in [-0.05, 0) is 18.3 Å². The Labute approximate surface area is 100 Å². The molecule has 0 fully saturated rings. The molecule has 0 spiro atoms. The van der Waals surface area contributed by atoms with Crippen molar-refractivity contribution in [3.8, 4) is 0 Å². The Bertz CT molecular complexity index is 138.